The molecule has 7 heteroatoms. The molecule has 2 atom stereocenters. The minimum atomic E-state index is -3.10. The van der Waals surface area contributed by atoms with E-state index in [2.05, 4.69) is 4.90 Å². The summed E-state index contributed by atoms with van der Waals surface area (Å²) in [5.41, 5.74) is 0. The molecule has 0 aromatic heterocycles. The largest absolute Gasteiger partial charge is 0.468 e. The van der Waals surface area contributed by atoms with Gasteiger partial charge in [-0.25, -0.2) is 12.7 Å². The van der Waals surface area contributed by atoms with Gasteiger partial charge in [0.15, 0.2) is 0 Å². The van der Waals surface area contributed by atoms with Crippen LogP contribution in [0.1, 0.15) is 25.7 Å². The molecule has 2 aliphatic heterocycles. The average Bonchev–Trinajstić information content (AvgIpc) is 2.85. The summed E-state index contributed by atoms with van der Waals surface area (Å²) in [5.74, 6) is 0.141. The number of piperidine rings is 1. The minimum Gasteiger partial charge on any atom is -0.468 e. The fourth-order valence-corrected chi connectivity index (χ4v) is 4.20. The first-order chi connectivity index (χ1) is 9.41. The van der Waals surface area contributed by atoms with Gasteiger partial charge in [0.25, 0.3) is 0 Å². The molecule has 0 spiro atoms. The van der Waals surface area contributed by atoms with Gasteiger partial charge >= 0.3 is 5.97 Å². The highest BCUT2D eigenvalue weighted by Gasteiger charge is 2.34. The molecule has 2 rings (SSSR count). The summed E-state index contributed by atoms with van der Waals surface area (Å²) in [5, 5.41) is 0. The maximum atomic E-state index is 11.7. The van der Waals surface area contributed by atoms with Crippen LogP contribution in [0.5, 0.6) is 0 Å². The molecule has 0 aliphatic carbocycles. The Bertz CT molecular complexity index is 451. The third-order valence-electron chi connectivity index (χ3n) is 4.28. The van der Waals surface area contributed by atoms with Crippen molar-refractivity contribution in [2.75, 3.05) is 39.5 Å². The molecular weight excluding hydrogens is 280 g/mol. The predicted molar refractivity (Wildman–Crippen MR) is 75.8 cm³/mol. The monoisotopic (exact) mass is 304 g/mol. The summed E-state index contributed by atoms with van der Waals surface area (Å²) in [6.45, 7) is 2.87. The molecule has 0 aromatic rings. The molecule has 2 saturated heterocycles. The van der Waals surface area contributed by atoms with E-state index in [9.17, 15) is 13.2 Å². The number of carbonyl (C=O) groups is 1. The second kappa shape index (κ2) is 6.41. The summed E-state index contributed by atoms with van der Waals surface area (Å²) in [4.78, 5) is 13.9. The lowest BCUT2D eigenvalue weighted by Gasteiger charge is -2.34. The van der Waals surface area contributed by atoms with Crippen molar-refractivity contribution < 1.29 is 17.9 Å². The summed E-state index contributed by atoms with van der Waals surface area (Å²) < 4.78 is 29.7. The number of hydrogen-bond donors (Lipinski definition) is 0. The SMILES string of the molecule is COC(=O)C1CCCN1CC1CCCN(S(C)(=O)=O)C1. The van der Waals surface area contributed by atoms with Crippen LogP contribution in [0, 0.1) is 5.92 Å². The van der Waals surface area contributed by atoms with E-state index in [1.807, 2.05) is 0 Å². The van der Waals surface area contributed by atoms with Crippen LogP contribution in [0.4, 0.5) is 0 Å². The topological polar surface area (TPSA) is 66.9 Å². The molecule has 2 aliphatic rings. The third-order valence-corrected chi connectivity index (χ3v) is 5.55. The van der Waals surface area contributed by atoms with Crippen molar-refractivity contribution in [1.29, 1.82) is 0 Å². The lowest BCUT2D eigenvalue weighted by molar-refractivity contribution is -0.146. The van der Waals surface area contributed by atoms with E-state index < -0.39 is 10.0 Å². The third kappa shape index (κ3) is 3.71. The summed E-state index contributed by atoms with van der Waals surface area (Å²) in [6, 6.07) is -0.145. The van der Waals surface area contributed by atoms with E-state index in [0.717, 1.165) is 38.8 Å². The summed E-state index contributed by atoms with van der Waals surface area (Å²) in [7, 11) is -1.68. The molecule has 0 radical (unpaired) electrons. The van der Waals surface area contributed by atoms with Crippen molar-refractivity contribution in [1.82, 2.24) is 9.21 Å². The molecule has 2 fully saturated rings. The lowest BCUT2D eigenvalue weighted by atomic mass is 9.99. The Hall–Kier alpha value is -0.660. The maximum absolute atomic E-state index is 11.7. The molecule has 0 bridgehead atoms. The smallest absolute Gasteiger partial charge is 0.323 e. The van der Waals surface area contributed by atoms with E-state index in [1.54, 1.807) is 4.31 Å². The fraction of sp³-hybridized carbons (Fsp3) is 0.923. The van der Waals surface area contributed by atoms with Crippen LogP contribution in [0.25, 0.3) is 0 Å². The first-order valence-corrected chi connectivity index (χ1v) is 9.03. The molecule has 2 unspecified atom stereocenters. The molecule has 20 heavy (non-hydrogen) atoms. The van der Waals surface area contributed by atoms with Gasteiger partial charge in [0, 0.05) is 19.6 Å². The number of hydrogen-bond acceptors (Lipinski definition) is 5. The van der Waals surface area contributed by atoms with Crippen LogP contribution in [0.15, 0.2) is 0 Å². The zero-order valence-corrected chi connectivity index (χ0v) is 13.1. The van der Waals surface area contributed by atoms with Gasteiger partial charge in [-0.15, -0.1) is 0 Å². The van der Waals surface area contributed by atoms with E-state index in [0.29, 0.717) is 19.0 Å². The quantitative estimate of drug-likeness (QED) is 0.699. The van der Waals surface area contributed by atoms with Gasteiger partial charge in [0.05, 0.1) is 13.4 Å². The van der Waals surface area contributed by atoms with Gasteiger partial charge in [-0.05, 0) is 38.1 Å². The van der Waals surface area contributed by atoms with Crippen molar-refractivity contribution in [2.45, 2.75) is 31.7 Å². The first-order valence-electron chi connectivity index (χ1n) is 7.19. The Morgan fingerprint density at radius 3 is 2.60 bits per heavy atom. The van der Waals surface area contributed by atoms with E-state index in [-0.39, 0.29) is 12.0 Å². The van der Waals surface area contributed by atoms with Crippen LogP contribution in [0.2, 0.25) is 0 Å². The highest BCUT2D eigenvalue weighted by molar-refractivity contribution is 7.88. The minimum absolute atomic E-state index is 0.145. The predicted octanol–water partition coefficient (Wildman–Crippen LogP) is 0.295. The number of rotatable bonds is 4. The van der Waals surface area contributed by atoms with Gasteiger partial charge in [-0.1, -0.05) is 0 Å². The Kier molecular flexibility index (Phi) is 5.04. The molecule has 116 valence electrons. The van der Waals surface area contributed by atoms with E-state index in [1.165, 1.54) is 13.4 Å². The Labute approximate surface area is 121 Å². The summed E-state index contributed by atoms with van der Waals surface area (Å²) in [6.07, 6.45) is 5.03. The van der Waals surface area contributed by atoms with E-state index >= 15 is 0 Å². The maximum Gasteiger partial charge on any atom is 0.323 e. The Balaban J connectivity index is 1.94. The molecule has 6 nitrogen and oxygen atoms in total. The number of esters is 1. The van der Waals surface area contributed by atoms with Gasteiger partial charge in [0.1, 0.15) is 6.04 Å². The van der Waals surface area contributed by atoms with Crippen LogP contribution in [-0.2, 0) is 19.6 Å². The van der Waals surface area contributed by atoms with Gasteiger partial charge < -0.3 is 4.74 Å². The van der Waals surface area contributed by atoms with Crippen LogP contribution >= 0.6 is 0 Å². The van der Waals surface area contributed by atoms with Crippen LogP contribution < -0.4 is 0 Å². The molecular formula is C13H24N2O4S. The normalized spacial score (nSPS) is 29.5. The van der Waals surface area contributed by atoms with Gasteiger partial charge in [-0.3, -0.25) is 9.69 Å². The molecule has 0 aromatic carbocycles. The van der Waals surface area contributed by atoms with Crippen molar-refractivity contribution in [3.05, 3.63) is 0 Å². The second-order valence-corrected chi connectivity index (χ2v) is 7.79. The molecule has 0 amide bonds. The number of methoxy groups -OCH3 is 1. The highest BCUT2D eigenvalue weighted by atomic mass is 32.2. The zero-order valence-electron chi connectivity index (χ0n) is 12.2. The van der Waals surface area contributed by atoms with Crippen molar-refractivity contribution >= 4 is 16.0 Å². The van der Waals surface area contributed by atoms with E-state index in [4.69, 9.17) is 4.74 Å². The highest BCUT2D eigenvalue weighted by Crippen LogP contribution is 2.24. The van der Waals surface area contributed by atoms with Gasteiger partial charge in [0.2, 0.25) is 10.0 Å². The van der Waals surface area contributed by atoms with Crippen molar-refractivity contribution in [3.8, 4) is 0 Å². The number of nitrogens with zero attached hydrogens (tertiary/aromatic N) is 2. The second-order valence-electron chi connectivity index (χ2n) is 5.81. The zero-order chi connectivity index (χ0) is 14.8. The van der Waals surface area contributed by atoms with Crippen molar-refractivity contribution in [3.63, 3.8) is 0 Å². The Morgan fingerprint density at radius 1 is 1.25 bits per heavy atom. The summed E-state index contributed by atoms with van der Waals surface area (Å²) >= 11 is 0. The van der Waals surface area contributed by atoms with Crippen LogP contribution in [0.3, 0.4) is 0 Å². The van der Waals surface area contributed by atoms with Gasteiger partial charge in [-0.2, -0.15) is 0 Å². The van der Waals surface area contributed by atoms with Crippen LogP contribution in [-0.4, -0.2) is 69.2 Å². The first kappa shape index (κ1) is 15.7. The number of sulfonamides is 1. The molecule has 2 heterocycles. The van der Waals surface area contributed by atoms with Crippen molar-refractivity contribution in [2.24, 2.45) is 5.92 Å². The average molecular weight is 304 g/mol. The number of carbonyl (C=O) groups excluding carboxylic acids is 1. The number of likely N-dealkylation sites (tertiary alicyclic amines) is 1. The Morgan fingerprint density at radius 2 is 1.95 bits per heavy atom. The number of ether oxygens (including phenoxy) is 1. The fourth-order valence-electron chi connectivity index (χ4n) is 3.26. The standard InChI is InChI=1S/C13H24N2O4S/c1-19-13(16)12-6-4-7-14(12)9-11-5-3-8-15(10-11)20(2,17)18/h11-12H,3-10H2,1-2H3. The molecule has 0 saturated carbocycles. The lowest BCUT2D eigenvalue weighted by Crippen LogP contribution is -2.46. The molecule has 0 N–H and O–H groups in total.